The first-order valence-electron chi connectivity index (χ1n) is 5.18. The molecule has 4 heteroatoms. The van der Waals surface area contributed by atoms with Crippen molar-refractivity contribution in [2.75, 3.05) is 18.8 Å². The lowest BCUT2D eigenvalue weighted by molar-refractivity contribution is 0.531. The number of piperidine rings is 1. The molecule has 1 aromatic carbocycles. The molecule has 2 rings (SSSR count). The summed E-state index contributed by atoms with van der Waals surface area (Å²) in [7, 11) is 0. The summed E-state index contributed by atoms with van der Waals surface area (Å²) in [4.78, 5) is 0.968. The fraction of sp³-hybridized carbons (Fsp3) is 0.455. The SMILES string of the molecule is Nc1ccc(SC2CCCNC2)cc1F. The van der Waals surface area contributed by atoms with Crippen LogP contribution in [0.2, 0.25) is 0 Å². The number of nitrogen functional groups attached to an aromatic ring is 1. The van der Waals surface area contributed by atoms with E-state index < -0.39 is 0 Å². The van der Waals surface area contributed by atoms with E-state index in [1.165, 1.54) is 18.9 Å². The lowest BCUT2D eigenvalue weighted by Gasteiger charge is -2.22. The molecule has 0 bridgehead atoms. The van der Waals surface area contributed by atoms with Gasteiger partial charge in [-0.15, -0.1) is 11.8 Å². The number of thioether (sulfide) groups is 1. The number of benzene rings is 1. The Hall–Kier alpha value is -0.740. The van der Waals surface area contributed by atoms with Gasteiger partial charge in [0.25, 0.3) is 0 Å². The third kappa shape index (κ3) is 2.86. The van der Waals surface area contributed by atoms with Crippen molar-refractivity contribution < 1.29 is 4.39 Å². The standard InChI is InChI=1S/C11H15FN2S/c12-10-6-8(3-4-11(10)13)15-9-2-1-5-14-7-9/h3-4,6,9,14H,1-2,5,7,13H2. The highest BCUT2D eigenvalue weighted by Crippen LogP contribution is 2.28. The highest BCUT2D eigenvalue weighted by Gasteiger charge is 2.14. The zero-order chi connectivity index (χ0) is 10.7. The molecule has 0 saturated carbocycles. The van der Waals surface area contributed by atoms with Crippen LogP contribution in [0.4, 0.5) is 10.1 Å². The quantitative estimate of drug-likeness (QED) is 0.760. The second kappa shape index (κ2) is 4.86. The Morgan fingerprint density at radius 2 is 2.33 bits per heavy atom. The molecule has 1 atom stereocenters. The average Bonchev–Trinajstić information content (AvgIpc) is 2.25. The Morgan fingerprint density at radius 1 is 1.47 bits per heavy atom. The molecule has 0 amide bonds. The summed E-state index contributed by atoms with van der Waals surface area (Å²) in [5.74, 6) is -0.316. The van der Waals surface area contributed by atoms with Crippen molar-refractivity contribution in [3.05, 3.63) is 24.0 Å². The molecule has 1 fully saturated rings. The molecule has 1 aliphatic heterocycles. The van der Waals surface area contributed by atoms with Crippen molar-refractivity contribution in [1.29, 1.82) is 0 Å². The summed E-state index contributed by atoms with van der Waals surface area (Å²) in [6.45, 7) is 2.11. The van der Waals surface area contributed by atoms with Crippen LogP contribution in [-0.4, -0.2) is 18.3 Å². The van der Waals surface area contributed by atoms with Crippen molar-refractivity contribution in [3.63, 3.8) is 0 Å². The lowest BCUT2D eigenvalue weighted by atomic mass is 10.2. The van der Waals surface area contributed by atoms with Crippen LogP contribution in [0.25, 0.3) is 0 Å². The van der Waals surface area contributed by atoms with Crippen LogP contribution in [0.3, 0.4) is 0 Å². The third-order valence-corrected chi connectivity index (χ3v) is 3.79. The lowest BCUT2D eigenvalue weighted by Crippen LogP contribution is -2.31. The van der Waals surface area contributed by atoms with Crippen LogP contribution < -0.4 is 11.1 Å². The zero-order valence-corrected chi connectivity index (χ0v) is 9.32. The van der Waals surface area contributed by atoms with Gasteiger partial charge in [0.05, 0.1) is 5.69 Å². The molecule has 0 aliphatic carbocycles. The van der Waals surface area contributed by atoms with Crippen LogP contribution in [0.15, 0.2) is 23.1 Å². The van der Waals surface area contributed by atoms with Gasteiger partial charge in [0.1, 0.15) is 5.82 Å². The normalized spacial score (nSPS) is 21.5. The van der Waals surface area contributed by atoms with Gasteiger partial charge in [0, 0.05) is 16.7 Å². The van der Waals surface area contributed by atoms with Gasteiger partial charge in [0.2, 0.25) is 0 Å². The summed E-state index contributed by atoms with van der Waals surface area (Å²) in [6, 6.07) is 5.04. The minimum atomic E-state index is -0.316. The molecule has 1 aliphatic rings. The van der Waals surface area contributed by atoms with Gasteiger partial charge in [-0.25, -0.2) is 4.39 Å². The van der Waals surface area contributed by atoms with Gasteiger partial charge in [-0.05, 0) is 37.6 Å². The second-order valence-electron chi connectivity index (χ2n) is 3.77. The van der Waals surface area contributed by atoms with Gasteiger partial charge in [0.15, 0.2) is 0 Å². The van der Waals surface area contributed by atoms with Gasteiger partial charge in [-0.2, -0.15) is 0 Å². The van der Waals surface area contributed by atoms with Gasteiger partial charge in [-0.3, -0.25) is 0 Å². The van der Waals surface area contributed by atoms with Gasteiger partial charge in [-0.1, -0.05) is 0 Å². The van der Waals surface area contributed by atoms with E-state index in [-0.39, 0.29) is 11.5 Å². The van der Waals surface area contributed by atoms with Crippen LogP contribution >= 0.6 is 11.8 Å². The Balaban J connectivity index is 2.00. The Morgan fingerprint density at radius 3 is 3.00 bits per heavy atom. The molecule has 0 radical (unpaired) electrons. The Kier molecular flexibility index (Phi) is 3.49. The Labute approximate surface area is 93.4 Å². The van der Waals surface area contributed by atoms with E-state index in [4.69, 9.17) is 5.73 Å². The van der Waals surface area contributed by atoms with Crippen molar-refractivity contribution in [1.82, 2.24) is 5.32 Å². The molecular formula is C11H15FN2S. The maximum absolute atomic E-state index is 13.2. The molecular weight excluding hydrogens is 211 g/mol. The molecule has 3 N–H and O–H groups in total. The second-order valence-corrected chi connectivity index (χ2v) is 5.14. The molecule has 1 saturated heterocycles. The summed E-state index contributed by atoms with van der Waals surface area (Å²) < 4.78 is 13.2. The smallest absolute Gasteiger partial charge is 0.147 e. The number of hydrogen-bond acceptors (Lipinski definition) is 3. The minimum Gasteiger partial charge on any atom is -0.396 e. The predicted molar refractivity (Wildman–Crippen MR) is 62.6 cm³/mol. The van der Waals surface area contributed by atoms with E-state index in [1.54, 1.807) is 17.8 Å². The molecule has 2 nitrogen and oxygen atoms in total. The molecule has 1 heterocycles. The first kappa shape index (κ1) is 10.8. The van der Waals surface area contributed by atoms with E-state index in [9.17, 15) is 4.39 Å². The maximum Gasteiger partial charge on any atom is 0.147 e. The summed E-state index contributed by atoms with van der Waals surface area (Å²) in [6.07, 6.45) is 2.40. The molecule has 1 unspecified atom stereocenters. The van der Waals surface area contributed by atoms with Crippen LogP contribution in [0.1, 0.15) is 12.8 Å². The first-order chi connectivity index (χ1) is 7.25. The largest absolute Gasteiger partial charge is 0.396 e. The molecule has 1 aromatic rings. The highest BCUT2D eigenvalue weighted by atomic mass is 32.2. The van der Waals surface area contributed by atoms with E-state index in [2.05, 4.69) is 5.32 Å². The number of nitrogens with two attached hydrogens (primary N) is 1. The minimum absolute atomic E-state index is 0.223. The van der Waals surface area contributed by atoms with Gasteiger partial charge < -0.3 is 11.1 Å². The van der Waals surface area contributed by atoms with Crippen molar-refractivity contribution in [3.8, 4) is 0 Å². The number of nitrogens with one attached hydrogen (secondary N) is 1. The number of rotatable bonds is 2. The van der Waals surface area contributed by atoms with E-state index in [0.717, 1.165) is 18.0 Å². The molecule has 82 valence electrons. The van der Waals surface area contributed by atoms with Crippen molar-refractivity contribution >= 4 is 17.4 Å². The third-order valence-electron chi connectivity index (χ3n) is 2.53. The topological polar surface area (TPSA) is 38.0 Å². The summed E-state index contributed by atoms with van der Waals surface area (Å²) >= 11 is 1.73. The molecule has 0 spiro atoms. The van der Waals surface area contributed by atoms with Gasteiger partial charge >= 0.3 is 0 Å². The number of halogens is 1. The van der Waals surface area contributed by atoms with Crippen molar-refractivity contribution in [2.24, 2.45) is 0 Å². The van der Waals surface area contributed by atoms with Crippen LogP contribution in [-0.2, 0) is 0 Å². The average molecular weight is 226 g/mol. The highest BCUT2D eigenvalue weighted by molar-refractivity contribution is 8.00. The summed E-state index contributed by atoms with van der Waals surface area (Å²) in [5, 5.41) is 3.90. The van der Waals surface area contributed by atoms with E-state index >= 15 is 0 Å². The van der Waals surface area contributed by atoms with E-state index in [1.807, 2.05) is 6.07 Å². The zero-order valence-electron chi connectivity index (χ0n) is 8.50. The van der Waals surface area contributed by atoms with Crippen LogP contribution in [0, 0.1) is 5.82 Å². The fourth-order valence-corrected chi connectivity index (χ4v) is 2.88. The maximum atomic E-state index is 13.2. The predicted octanol–water partition coefficient (Wildman–Crippen LogP) is 2.25. The molecule has 15 heavy (non-hydrogen) atoms. The fourth-order valence-electron chi connectivity index (χ4n) is 1.69. The monoisotopic (exact) mass is 226 g/mol. The van der Waals surface area contributed by atoms with Crippen molar-refractivity contribution in [2.45, 2.75) is 23.0 Å². The Bertz CT molecular complexity index is 337. The van der Waals surface area contributed by atoms with Crippen LogP contribution in [0.5, 0.6) is 0 Å². The van der Waals surface area contributed by atoms with E-state index in [0.29, 0.717) is 5.25 Å². The number of hydrogen-bond donors (Lipinski definition) is 2. The first-order valence-corrected chi connectivity index (χ1v) is 6.06. The number of anilines is 1. The summed E-state index contributed by atoms with van der Waals surface area (Å²) in [5.41, 5.74) is 5.65. The molecule has 0 aromatic heterocycles.